The standard InChI is InChI=1S/C20H18N2O4S/c1-27(24,25)26-19-12-9-16(13-18(19)21)20(23)22-17-10-7-15(8-11-17)14-5-3-2-4-6-14/h2-13H,21H2,1H3,(H,22,23). The fourth-order valence-corrected chi connectivity index (χ4v) is 2.99. The van der Waals surface area contributed by atoms with Gasteiger partial charge in [0.2, 0.25) is 0 Å². The first-order valence-electron chi connectivity index (χ1n) is 8.08. The molecule has 6 nitrogen and oxygen atoms in total. The van der Waals surface area contributed by atoms with Crippen molar-refractivity contribution in [2.24, 2.45) is 0 Å². The number of nitrogen functional groups attached to an aromatic ring is 1. The SMILES string of the molecule is CS(=O)(=O)Oc1ccc(C(=O)Nc2ccc(-c3ccccc3)cc2)cc1N. The molecule has 27 heavy (non-hydrogen) atoms. The first-order valence-corrected chi connectivity index (χ1v) is 9.89. The molecule has 3 rings (SSSR count). The number of nitrogens with two attached hydrogens (primary N) is 1. The lowest BCUT2D eigenvalue weighted by Gasteiger charge is -2.10. The summed E-state index contributed by atoms with van der Waals surface area (Å²) in [4.78, 5) is 12.4. The van der Waals surface area contributed by atoms with Gasteiger partial charge in [-0.25, -0.2) is 0 Å². The van der Waals surface area contributed by atoms with Crippen molar-refractivity contribution < 1.29 is 17.4 Å². The molecule has 0 unspecified atom stereocenters. The van der Waals surface area contributed by atoms with Gasteiger partial charge in [-0.15, -0.1) is 0 Å². The van der Waals surface area contributed by atoms with Gasteiger partial charge < -0.3 is 15.2 Å². The molecule has 3 aromatic rings. The predicted molar refractivity (Wildman–Crippen MR) is 106 cm³/mol. The Morgan fingerprint density at radius 3 is 2.15 bits per heavy atom. The molecule has 0 aliphatic carbocycles. The van der Waals surface area contributed by atoms with Crippen LogP contribution in [0.5, 0.6) is 5.75 Å². The van der Waals surface area contributed by atoms with Crippen molar-refractivity contribution in [3.05, 3.63) is 78.4 Å². The Bertz CT molecular complexity index is 1060. The highest BCUT2D eigenvalue weighted by atomic mass is 32.2. The summed E-state index contributed by atoms with van der Waals surface area (Å²) in [6.45, 7) is 0. The topological polar surface area (TPSA) is 98.5 Å². The highest BCUT2D eigenvalue weighted by Crippen LogP contribution is 2.25. The maximum absolute atomic E-state index is 12.4. The van der Waals surface area contributed by atoms with E-state index in [-0.39, 0.29) is 17.3 Å². The lowest BCUT2D eigenvalue weighted by molar-refractivity contribution is 0.102. The fraction of sp³-hybridized carbons (Fsp3) is 0.0500. The van der Waals surface area contributed by atoms with Crippen molar-refractivity contribution >= 4 is 27.4 Å². The number of hydrogen-bond acceptors (Lipinski definition) is 5. The average Bonchev–Trinajstić information content (AvgIpc) is 2.63. The van der Waals surface area contributed by atoms with Crippen LogP contribution in [0.25, 0.3) is 11.1 Å². The molecule has 0 saturated heterocycles. The zero-order valence-corrected chi connectivity index (χ0v) is 15.4. The normalized spacial score (nSPS) is 11.0. The summed E-state index contributed by atoms with van der Waals surface area (Å²) in [7, 11) is -3.69. The van der Waals surface area contributed by atoms with Gasteiger partial charge in [-0.3, -0.25) is 4.79 Å². The van der Waals surface area contributed by atoms with E-state index in [4.69, 9.17) is 9.92 Å². The average molecular weight is 382 g/mol. The molecule has 138 valence electrons. The van der Waals surface area contributed by atoms with Crippen molar-refractivity contribution in [1.29, 1.82) is 0 Å². The van der Waals surface area contributed by atoms with Gasteiger partial charge >= 0.3 is 10.1 Å². The van der Waals surface area contributed by atoms with Gasteiger partial charge in [0, 0.05) is 11.3 Å². The monoisotopic (exact) mass is 382 g/mol. The minimum atomic E-state index is -3.69. The minimum absolute atomic E-state index is 0.0127. The number of amides is 1. The van der Waals surface area contributed by atoms with Crippen LogP contribution < -0.4 is 15.2 Å². The van der Waals surface area contributed by atoms with Crippen LogP contribution in [0.2, 0.25) is 0 Å². The molecular weight excluding hydrogens is 364 g/mol. The summed E-state index contributed by atoms with van der Waals surface area (Å²) in [6.07, 6.45) is 0.923. The third kappa shape index (κ3) is 4.86. The van der Waals surface area contributed by atoms with Gasteiger partial charge in [-0.05, 0) is 41.5 Å². The van der Waals surface area contributed by atoms with Crippen molar-refractivity contribution in [3.63, 3.8) is 0 Å². The summed E-state index contributed by atoms with van der Waals surface area (Å²) in [6, 6.07) is 21.5. The van der Waals surface area contributed by atoms with E-state index in [1.165, 1.54) is 18.2 Å². The van der Waals surface area contributed by atoms with Crippen LogP contribution >= 0.6 is 0 Å². The van der Waals surface area contributed by atoms with E-state index in [0.717, 1.165) is 17.4 Å². The Kier molecular flexibility index (Phi) is 5.14. The zero-order valence-electron chi connectivity index (χ0n) is 14.5. The molecule has 3 aromatic carbocycles. The van der Waals surface area contributed by atoms with Crippen LogP contribution in [0.3, 0.4) is 0 Å². The fourth-order valence-electron chi connectivity index (χ4n) is 2.51. The van der Waals surface area contributed by atoms with Crippen molar-refractivity contribution in [1.82, 2.24) is 0 Å². The highest BCUT2D eigenvalue weighted by Gasteiger charge is 2.12. The van der Waals surface area contributed by atoms with Crippen molar-refractivity contribution in [2.45, 2.75) is 0 Å². The van der Waals surface area contributed by atoms with Crippen LogP contribution in [0.1, 0.15) is 10.4 Å². The van der Waals surface area contributed by atoms with E-state index in [1.807, 2.05) is 54.6 Å². The highest BCUT2D eigenvalue weighted by molar-refractivity contribution is 7.86. The third-order valence-electron chi connectivity index (χ3n) is 3.76. The van der Waals surface area contributed by atoms with Crippen molar-refractivity contribution in [2.75, 3.05) is 17.3 Å². The number of carbonyl (C=O) groups excluding carboxylic acids is 1. The Morgan fingerprint density at radius 2 is 1.56 bits per heavy atom. The van der Waals surface area contributed by atoms with Crippen LogP contribution in [0, 0.1) is 0 Å². The summed E-state index contributed by atoms with van der Waals surface area (Å²) in [5.74, 6) is -0.374. The molecule has 0 saturated carbocycles. The molecule has 0 aliphatic rings. The first kappa shape index (κ1) is 18.5. The maximum atomic E-state index is 12.4. The van der Waals surface area contributed by atoms with E-state index in [0.29, 0.717) is 11.3 Å². The van der Waals surface area contributed by atoms with E-state index >= 15 is 0 Å². The molecule has 0 fully saturated rings. The third-order valence-corrected chi connectivity index (χ3v) is 4.25. The van der Waals surface area contributed by atoms with E-state index in [9.17, 15) is 13.2 Å². The molecular formula is C20H18N2O4S. The number of rotatable bonds is 5. The molecule has 0 aliphatic heterocycles. The molecule has 3 N–H and O–H groups in total. The molecule has 0 radical (unpaired) electrons. The van der Waals surface area contributed by atoms with E-state index in [1.54, 1.807) is 0 Å². The van der Waals surface area contributed by atoms with Gasteiger partial charge in [-0.1, -0.05) is 42.5 Å². The van der Waals surface area contributed by atoms with Gasteiger partial charge in [0.05, 0.1) is 11.9 Å². The molecule has 0 aromatic heterocycles. The van der Waals surface area contributed by atoms with Crippen molar-refractivity contribution in [3.8, 4) is 16.9 Å². The minimum Gasteiger partial charge on any atom is -0.396 e. The Labute approximate surface area is 157 Å². The summed E-state index contributed by atoms with van der Waals surface area (Å²) in [5.41, 5.74) is 8.89. The largest absolute Gasteiger partial charge is 0.396 e. The summed E-state index contributed by atoms with van der Waals surface area (Å²) >= 11 is 0. The summed E-state index contributed by atoms with van der Waals surface area (Å²) in [5, 5.41) is 2.78. The van der Waals surface area contributed by atoms with Gasteiger partial charge in [-0.2, -0.15) is 8.42 Å². The lowest BCUT2D eigenvalue weighted by Crippen LogP contribution is -2.13. The second-order valence-electron chi connectivity index (χ2n) is 5.94. The Balaban J connectivity index is 1.73. The number of carbonyl (C=O) groups is 1. The zero-order chi connectivity index (χ0) is 19.4. The molecule has 7 heteroatoms. The number of hydrogen-bond donors (Lipinski definition) is 2. The number of benzene rings is 3. The number of anilines is 2. The summed E-state index contributed by atoms with van der Waals surface area (Å²) < 4.78 is 27.1. The molecule has 0 bridgehead atoms. The van der Waals surface area contributed by atoms with E-state index < -0.39 is 10.1 Å². The van der Waals surface area contributed by atoms with Gasteiger partial charge in [0.15, 0.2) is 5.75 Å². The maximum Gasteiger partial charge on any atom is 0.306 e. The van der Waals surface area contributed by atoms with Crippen LogP contribution in [0.4, 0.5) is 11.4 Å². The quantitative estimate of drug-likeness (QED) is 0.520. The molecule has 1 amide bonds. The molecule has 0 spiro atoms. The Hall–Kier alpha value is -3.32. The second-order valence-corrected chi connectivity index (χ2v) is 7.51. The molecule has 0 atom stereocenters. The van der Waals surface area contributed by atoms with Gasteiger partial charge in [0.25, 0.3) is 5.91 Å². The predicted octanol–water partition coefficient (Wildman–Crippen LogP) is 3.53. The molecule has 0 heterocycles. The van der Waals surface area contributed by atoms with Gasteiger partial charge in [0.1, 0.15) is 0 Å². The Morgan fingerprint density at radius 1 is 0.926 bits per heavy atom. The van der Waals surface area contributed by atoms with Crippen LogP contribution in [-0.4, -0.2) is 20.6 Å². The first-order chi connectivity index (χ1) is 12.8. The second kappa shape index (κ2) is 7.51. The van der Waals surface area contributed by atoms with Crippen LogP contribution in [0.15, 0.2) is 72.8 Å². The van der Waals surface area contributed by atoms with E-state index in [2.05, 4.69) is 5.32 Å². The van der Waals surface area contributed by atoms with Crippen LogP contribution in [-0.2, 0) is 10.1 Å². The lowest BCUT2D eigenvalue weighted by atomic mass is 10.1. The number of nitrogens with one attached hydrogen (secondary N) is 1. The smallest absolute Gasteiger partial charge is 0.306 e.